The highest BCUT2D eigenvalue weighted by Crippen LogP contribution is 2.21. The van der Waals surface area contributed by atoms with Crippen LogP contribution in [0.4, 0.5) is 5.69 Å². The highest BCUT2D eigenvalue weighted by atomic mass is 35.5. The van der Waals surface area contributed by atoms with E-state index >= 15 is 0 Å². The van der Waals surface area contributed by atoms with Gasteiger partial charge in [-0.2, -0.15) is 0 Å². The van der Waals surface area contributed by atoms with Gasteiger partial charge in [0.25, 0.3) is 5.91 Å². The molecule has 5 nitrogen and oxygen atoms in total. The summed E-state index contributed by atoms with van der Waals surface area (Å²) in [6, 6.07) is 8.01. The van der Waals surface area contributed by atoms with E-state index in [0.29, 0.717) is 12.2 Å². The number of nitrogens with one attached hydrogen (secondary N) is 1. The van der Waals surface area contributed by atoms with Gasteiger partial charge in [0.2, 0.25) is 0 Å². The molecule has 7 heteroatoms. The van der Waals surface area contributed by atoms with Crippen LogP contribution in [0.5, 0.6) is 0 Å². The molecule has 0 saturated carbocycles. The van der Waals surface area contributed by atoms with Gasteiger partial charge in [0.05, 0.1) is 5.52 Å². The number of amides is 1. The van der Waals surface area contributed by atoms with Gasteiger partial charge in [-0.3, -0.25) is 4.79 Å². The van der Waals surface area contributed by atoms with Gasteiger partial charge < -0.3 is 15.6 Å². The van der Waals surface area contributed by atoms with Crippen LogP contribution in [0.1, 0.15) is 28.8 Å². The molecule has 23 heavy (non-hydrogen) atoms. The van der Waals surface area contributed by atoms with Crippen LogP contribution < -0.4 is 11.1 Å². The molecule has 0 saturated heterocycles. The van der Waals surface area contributed by atoms with E-state index in [4.69, 9.17) is 5.73 Å². The van der Waals surface area contributed by atoms with Crippen LogP contribution in [0.25, 0.3) is 10.9 Å². The number of rotatable bonds is 5. The summed E-state index contributed by atoms with van der Waals surface area (Å²) in [5.41, 5.74) is 7.84. The molecule has 122 valence electrons. The number of carbonyl (C=O) groups is 1. The van der Waals surface area contributed by atoms with Gasteiger partial charge in [0.1, 0.15) is 10.7 Å². The van der Waals surface area contributed by atoms with Gasteiger partial charge in [-0.15, -0.1) is 23.7 Å². The number of halogens is 1. The summed E-state index contributed by atoms with van der Waals surface area (Å²) in [6.07, 6.45) is 3.15. The van der Waals surface area contributed by atoms with E-state index in [0.717, 1.165) is 29.2 Å². The molecule has 0 aliphatic heterocycles. The zero-order valence-electron chi connectivity index (χ0n) is 12.8. The minimum absolute atomic E-state index is 0. The summed E-state index contributed by atoms with van der Waals surface area (Å²) in [4.78, 5) is 16.4. The molecule has 0 atom stereocenters. The van der Waals surface area contributed by atoms with Crippen molar-refractivity contribution in [2.75, 3.05) is 5.32 Å². The number of carbonyl (C=O) groups excluding carboxylic acids is 1. The van der Waals surface area contributed by atoms with E-state index in [2.05, 4.69) is 34.1 Å². The first-order chi connectivity index (χ1) is 10.7. The number of hydrogen-bond donors (Lipinski definition) is 2. The van der Waals surface area contributed by atoms with Crippen LogP contribution >= 0.6 is 23.7 Å². The average Bonchev–Trinajstić information content (AvgIpc) is 3.15. The third-order valence-electron chi connectivity index (χ3n) is 3.46. The molecule has 0 aliphatic carbocycles. The first-order valence-electron chi connectivity index (χ1n) is 7.26. The summed E-state index contributed by atoms with van der Waals surface area (Å²) in [5, 5.41) is 6.56. The average molecular weight is 351 g/mol. The first-order valence-corrected chi connectivity index (χ1v) is 8.14. The van der Waals surface area contributed by atoms with Crippen LogP contribution in [-0.2, 0) is 13.1 Å². The number of aryl methyl sites for hydroxylation is 1. The molecule has 3 aromatic rings. The van der Waals surface area contributed by atoms with Crippen molar-refractivity contribution >= 4 is 46.2 Å². The molecule has 0 fully saturated rings. The minimum Gasteiger partial charge on any atom is -0.347 e. The number of nitrogens with two attached hydrogens (primary N) is 1. The van der Waals surface area contributed by atoms with Gasteiger partial charge in [-0.05, 0) is 30.0 Å². The molecule has 3 rings (SSSR count). The maximum Gasteiger partial charge on any atom is 0.275 e. The second-order valence-corrected chi connectivity index (χ2v) is 6.01. The van der Waals surface area contributed by atoms with Crippen molar-refractivity contribution in [1.82, 2.24) is 9.55 Å². The number of fused-ring (bicyclic) bond motifs is 1. The molecule has 0 bridgehead atoms. The van der Waals surface area contributed by atoms with Crippen molar-refractivity contribution in [2.45, 2.75) is 26.4 Å². The van der Waals surface area contributed by atoms with Gasteiger partial charge in [-0.1, -0.05) is 13.0 Å². The standard InChI is InChI=1S/C16H18N4OS.ClH/c1-2-6-20-7-5-11-3-4-12(8-14(11)20)18-16(21)13-10-22-15(9-17)19-13;/h3-5,7-8,10H,2,6,9,17H2,1H3,(H,18,21);1H. The Morgan fingerprint density at radius 2 is 2.22 bits per heavy atom. The van der Waals surface area contributed by atoms with Crippen LogP contribution in [0.2, 0.25) is 0 Å². The summed E-state index contributed by atoms with van der Waals surface area (Å²) >= 11 is 1.40. The van der Waals surface area contributed by atoms with E-state index in [1.165, 1.54) is 16.7 Å². The first kappa shape index (κ1) is 17.5. The Morgan fingerprint density at radius 1 is 1.39 bits per heavy atom. The predicted molar refractivity (Wildman–Crippen MR) is 97.4 cm³/mol. The molecule has 2 aromatic heterocycles. The van der Waals surface area contributed by atoms with Gasteiger partial charge >= 0.3 is 0 Å². The fourth-order valence-electron chi connectivity index (χ4n) is 2.40. The predicted octanol–water partition coefficient (Wildman–Crippen LogP) is 3.64. The molecule has 0 spiro atoms. The van der Waals surface area contributed by atoms with Gasteiger partial charge in [0.15, 0.2) is 0 Å². The highest BCUT2D eigenvalue weighted by molar-refractivity contribution is 7.09. The second kappa shape index (κ2) is 7.59. The van der Waals surface area contributed by atoms with Crippen molar-refractivity contribution in [3.05, 3.63) is 46.5 Å². The topological polar surface area (TPSA) is 72.9 Å². The SMILES string of the molecule is CCCn1ccc2ccc(NC(=O)c3csc(CN)n3)cc21.Cl. The van der Waals surface area contributed by atoms with Gasteiger partial charge in [-0.25, -0.2) is 4.98 Å². The molecule has 2 heterocycles. The molecular formula is C16H19ClN4OS. The fourth-order valence-corrected chi connectivity index (χ4v) is 3.06. The zero-order valence-corrected chi connectivity index (χ0v) is 14.4. The summed E-state index contributed by atoms with van der Waals surface area (Å²) in [5.74, 6) is -0.205. The zero-order chi connectivity index (χ0) is 15.5. The lowest BCUT2D eigenvalue weighted by atomic mass is 10.2. The van der Waals surface area contributed by atoms with Crippen molar-refractivity contribution < 1.29 is 4.79 Å². The Hall–Kier alpha value is -1.89. The summed E-state index contributed by atoms with van der Waals surface area (Å²) in [7, 11) is 0. The Bertz CT molecular complexity index is 811. The van der Waals surface area contributed by atoms with Crippen LogP contribution in [0, 0.1) is 0 Å². The molecule has 3 N–H and O–H groups in total. The monoisotopic (exact) mass is 350 g/mol. The number of benzene rings is 1. The lowest BCUT2D eigenvalue weighted by molar-refractivity contribution is 0.102. The number of anilines is 1. The normalized spacial score (nSPS) is 10.5. The summed E-state index contributed by atoms with van der Waals surface area (Å²) in [6.45, 7) is 3.47. The Balaban J connectivity index is 0.00000192. The number of aromatic nitrogens is 2. The van der Waals surface area contributed by atoms with E-state index in [-0.39, 0.29) is 18.3 Å². The number of hydrogen-bond acceptors (Lipinski definition) is 4. The molecular weight excluding hydrogens is 332 g/mol. The lowest BCUT2D eigenvalue weighted by Gasteiger charge is -2.06. The maximum absolute atomic E-state index is 12.2. The second-order valence-electron chi connectivity index (χ2n) is 5.07. The van der Waals surface area contributed by atoms with Crippen LogP contribution in [0.15, 0.2) is 35.8 Å². The smallest absolute Gasteiger partial charge is 0.275 e. The van der Waals surface area contributed by atoms with E-state index in [9.17, 15) is 4.79 Å². The highest BCUT2D eigenvalue weighted by Gasteiger charge is 2.11. The van der Waals surface area contributed by atoms with E-state index < -0.39 is 0 Å². The molecule has 1 amide bonds. The fraction of sp³-hybridized carbons (Fsp3) is 0.250. The van der Waals surface area contributed by atoms with Crippen LogP contribution in [0.3, 0.4) is 0 Å². The number of thiazole rings is 1. The molecule has 0 aliphatic rings. The third-order valence-corrected chi connectivity index (χ3v) is 4.33. The number of nitrogens with zero attached hydrogens (tertiary/aromatic N) is 2. The molecule has 1 aromatic carbocycles. The van der Waals surface area contributed by atoms with Crippen molar-refractivity contribution in [2.24, 2.45) is 5.73 Å². The Morgan fingerprint density at radius 3 is 2.91 bits per heavy atom. The van der Waals surface area contributed by atoms with E-state index in [1.54, 1.807) is 5.38 Å². The lowest BCUT2D eigenvalue weighted by Crippen LogP contribution is -2.12. The van der Waals surface area contributed by atoms with Crippen molar-refractivity contribution in [3.8, 4) is 0 Å². The Labute approximate surface area is 144 Å². The van der Waals surface area contributed by atoms with Crippen molar-refractivity contribution in [3.63, 3.8) is 0 Å². The van der Waals surface area contributed by atoms with Crippen LogP contribution in [-0.4, -0.2) is 15.5 Å². The van der Waals surface area contributed by atoms with Gasteiger partial charge in [0, 0.05) is 30.4 Å². The maximum atomic E-state index is 12.2. The van der Waals surface area contributed by atoms with E-state index in [1.807, 2.05) is 18.2 Å². The Kier molecular flexibility index (Phi) is 5.76. The summed E-state index contributed by atoms with van der Waals surface area (Å²) < 4.78 is 2.19. The quantitative estimate of drug-likeness (QED) is 0.737. The third kappa shape index (κ3) is 3.72. The molecule has 0 unspecified atom stereocenters. The minimum atomic E-state index is -0.205. The largest absolute Gasteiger partial charge is 0.347 e. The molecule has 0 radical (unpaired) electrons. The van der Waals surface area contributed by atoms with Crippen molar-refractivity contribution in [1.29, 1.82) is 0 Å².